The summed E-state index contributed by atoms with van der Waals surface area (Å²) in [7, 11) is 0. The summed E-state index contributed by atoms with van der Waals surface area (Å²) >= 11 is 0. The average Bonchev–Trinajstić information content (AvgIpc) is 2.54. The van der Waals surface area contributed by atoms with Crippen LogP contribution in [0.5, 0.6) is 0 Å². The Morgan fingerprint density at radius 1 is 1.38 bits per heavy atom. The van der Waals surface area contributed by atoms with Gasteiger partial charge in [-0.1, -0.05) is 13.0 Å². The van der Waals surface area contributed by atoms with Crippen LogP contribution in [0, 0.1) is 11.3 Å². The van der Waals surface area contributed by atoms with Gasteiger partial charge in [0.1, 0.15) is 0 Å². The molecule has 0 bridgehead atoms. The van der Waals surface area contributed by atoms with E-state index < -0.39 is 0 Å². The number of rotatable bonds is 4. The molecule has 1 saturated heterocycles. The van der Waals surface area contributed by atoms with Gasteiger partial charge in [-0.15, -0.1) is 0 Å². The molecule has 112 valence electrons. The summed E-state index contributed by atoms with van der Waals surface area (Å²) in [4.78, 5) is 16.4. The van der Waals surface area contributed by atoms with Gasteiger partial charge >= 0.3 is 0 Å². The van der Waals surface area contributed by atoms with E-state index in [0.717, 1.165) is 19.5 Å². The van der Waals surface area contributed by atoms with Crippen LogP contribution < -0.4 is 0 Å². The first kappa shape index (κ1) is 15.5. The summed E-state index contributed by atoms with van der Waals surface area (Å²) in [5.41, 5.74) is 1.07. The van der Waals surface area contributed by atoms with Gasteiger partial charge in [-0.3, -0.25) is 9.69 Å². The Morgan fingerprint density at radius 2 is 2.10 bits per heavy atom. The minimum absolute atomic E-state index is 0.0252. The molecule has 0 saturated carbocycles. The Morgan fingerprint density at radius 3 is 2.71 bits per heavy atom. The van der Waals surface area contributed by atoms with Gasteiger partial charge in [-0.2, -0.15) is 5.26 Å². The summed E-state index contributed by atoms with van der Waals surface area (Å²) in [5, 5.41) is 18.6. The summed E-state index contributed by atoms with van der Waals surface area (Å²) in [6.07, 6.45) is 0.458. The summed E-state index contributed by atoms with van der Waals surface area (Å²) < 4.78 is 0. The highest BCUT2D eigenvalue weighted by Gasteiger charge is 2.23. The highest BCUT2D eigenvalue weighted by molar-refractivity contribution is 5.94. The SMILES string of the molecule is CCC(O)CN1CCN(C(=O)c2cccc(C#N)c2)CC1. The molecule has 1 aliphatic heterocycles. The molecule has 2 rings (SSSR count). The second-order valence-corrected chi connectivity index (χ2v) is 5.35. The second-order valence-electron chi connectivity index (χ2n) is 5.35. The second kappa shape index (κ2) is 7.21. The van der Waals surface area contributed by atoms with Gasteiger partial charge in [0.15, 0.2) is 0 Å². The predicted molar refractivity (Wildman–Crippen MR) is 79.8 cm³/mol. The van der Waals surface area contributed by atoms with Gasteiger partial charge < -0.3 is 10.0 Å². The lowest BCUT2D eigenvalue weighted by atomic mass is 10.1. The van der Waals surface area contributed by atoms with Crippen molar-refractivity contribution in [3.63, 3.8) is 0 Å². The normalized spacial score (nSPS) is 17.3. The molecule has 0 aliphatic carbocycles. The Balaban J connectivity index is 1.92. The van der Waals surface area contributed by atoms with E-state index in [0.29, 0.717) is 30.8 Å². The number of nitriles is 1. The standard InChI is InChI=1S/C16H21N3O2/c1-2-15(20)12-18-6-8-19(9-7-18)16(21)14-5-3-4-13(10-14)11-17/h3-5,10,15,20H,2,6-9,12H2,1H3. The lowest BCUT2D eigenvalue weighted by molar-refractivity contribution is 0.0523. The minimum atomic E-state index is -0.292. The number of carbonyl (C=O) groups is 1. The Kier molecular flexibility index (Phi) is 5.32. The van der Waals surface area contributed by atoms with E-state index in [1.807, 2.05) is 11.8 Å². The van der Waals surface area contributed by atoms with E-state index in [1.165, 1.54) is 0 Å². The third-order valence-corrected chi connectivity index (χ3v) is 3.84. The topological polar surface area (TPSA) is 67.6 Å². The van der Waals surface area contributed by atoms with Gasteiger partial charge in [-0.05, 0) is 24.6 Å². The molecule has 0 aromatic heterocycles. The van der Waals surface area contributed by atoms with Crippen molar-refractivity contribution < 1.29 is 9.90 Å². The fraction of sp³-hybridized carbons (Fsp3) is 0.500. The van der Waals surface area contributed by atoms with E-state index >= 15 is 0 Å². The van der Waals surface area contributed by atoms with Gasteiger partial charge in [0.2, 0.25) is 0 Å². The van der Waals surface area contributed by atoms with Crippen LogP contribution in [0.1, 0.15) is 29.3 Å². The Labute approximate surface area is 125 Å². The van der Waals surface area contributed by atoms with Crippen molar-refractivity contribution in [2.45, 2.75) is 19.4 Å². The Bertz CT molecular complexity index is 531. The number of benzene rings is 1. The lowest BCUT2D eigenvalue weighted by Crippen LogP contribution is -2.50. The number of piperazine rings is 1. The van der Waals surface area contributed by atoms with E-state index in [2.05, 4.69) is 11.0 Å². The molecule has 1 aliphatic rings. The molecule has 1 unspecified atom stereocenters. The van der Waals surface area contributed by atoms with Crippen molar-refractivity contribution in [2.24, 2.45) is 0 Å². The molecule has 1 N–H and O–H groups in total. The number of aliphatic hydroxyl groups excluding tert-OH is 1. The van der Waals surface area contributed by atoms with E-state index in [4.69, 9.17) is 5.26 Å². The fourth-order valence-electron chi connectivity index (χ4n) is 2.47. The molecule has 21 heavy (non-hydrogen) atoms. The number of aliphatic hydroxyl groups is 1. The van der Waals surface area contributed by atoms with Crippen LogP contribution in [-0.2, 0) is 0 Å². The van der Waals surface area contributed by atoms with E-state index in [-0.39, 0.29) is 12.0 Å². The highest BCUT2D eigenvalue weighted by atomic mass is 16.3. The monoisotopic (exact) mass is 287 g/mol. The van der Waals surface area contributed by atoms with Gasteiger partial charge in [0, 0.05) is 38.3 Å². The van der Waals surface area contributed by atoms with Crippen molar-refractivity contribution in [2.75, 3.05) is 32.7 Å². The summed E-state index contributed by atoms with van der Waals surface area (Å²) in [6.45, 7) is 5.51. The number of nitrogens with zero attached hydrogens (tertiary/aromatic N) is 3. The van der Waals surface area contributed by atoms with E-state index in [9.17, 15) is 9.90 Å². The molecule has 1 fully saturated rings. The number of amides is 1. The first-order valence-electron chi connectivity index (χ1n) is 7.34. The van der Waals surface area contributed by atoms with Crippen molar-refractivity contribution in [1.82, 2.24) is 9.80 Å². The third-order valence-electron chi connectivity index (χ3n) is 3.84. The maximum atomic E-state index is 12.4. The van der Waals surface area contributed by atoms with Crippen molar-refractivity contribution >= 4 is 5.91 Å². The van der Waals surface area contributed by atoms with Gasteiger partial charge in [0.25, 0.3) is 5.91 Å². The molecular formula is C16H21N3O2. The molecule has 1 aromatic rings. The average molecular weight is 287 g/mol. The fourth-order valence-corrected chi connectivity index (χ4v) is 2.47. The van der Waals surface area contributed by atoms with Gasteiger partial charge in [0.05, 0.1) is 17.7 Å². The quantitative estimate of drug-likeness (QED) is 0.900. The minimum Gasteiger partial charge on any atom is -0.392 e. The van der Waals surface area contributed by atoms with Crippen LogP contribution in [0.15, 0.2) is 24.3 Å². The first-order valence-corrected chi connectivity index (χ1v) is 7.34. The number of hydrogen-bond donors (Lipinski definition) is 1. The highest BCUT2D eigenvalue weighted by Crippen LogP contribution is 2.11. The first-order chi connectivity index (χ1) is 10.1. The molecule has 0 spiro atoms. The van der Waals surface area contributed by atoms with Crippen LogP contribution >= 0.6 is 0 Å². The molecule has 5 nitrogen and oxygen atoms in total. The van der Waals surface area contributed by atoms with Gasteiger partial charge in [-0.25, -0.2) is 0 Å². The number of β-amino-alcohol motifs (C(OH)–C–C–N with tert-alkyl or cyclic N) is 1. The zero-order valence-corrected chi connectivity index (χ0v) is 12.3. The zero-order chi connectivity index (χ0) is 15.2. The molecular weight excluding hydrogens is 266 g/mol. The molecule has 5 heteroatoms. The maximum absolute atomic E-state index is 12.4. The Hall–Kier alpha value is -1.90. The zero-order valence-electron chi connectivity index (χ0n) is 12.3. The van der Waals surface area contributed by atoms with Crippen LogP contribution in [0.2, 0.25) is 0 Å². The molecule has 1 aromatic carbocycles. The summed E-state index contributed by atoms with van der Waals surface area (Å²) in [6, 6.07) is 8.87. The molecule has 1 atom stereocenters. The smallest absolute Gasteiger partial charge is 0.253 e. The van der Waals surface area contributed by atoms with Crippen LogP contribution in [0.25, 0.3) is 0 Å². The summed E-state index contributed by atoms with van der Waals surface area (Å²) in [5.74, 6) is -0.0252. The maximum Gasteiger partial charge on any atom is 0.253 e. The van der Waals surface area contributed by atoms with E-state index in [1.54, 1.807) is 24.3 Å². The predicted octanol–water partition coefficient (Wildman–Crippen LogP) is 1.09. The van der Waals surface area contributed by atoms with Crippen molar-refractivity contribution in [3.05, 3.63) is 35.4 Å². The molecule has 1 amide bonds. The number of hydrogen-bond acceptors (Lipinski definition) is 4. The third kappa shape index (κ3) is 4.03. The number of carbonyl (C=O) groups excluding carboxylic acids is 1. The van der Waals surface area contributed by atoms with Crippen molar-refractivity contribution in [3.8, 4) is 6.07 Å². The lowest BCUT2D eigenvalue weighted by Gasteiger charge is -2.35. The van der Waals surface area contributed by atoms with Crippen LogP contribution in [0.3, 0.4) is 0 Å². The van der Waals surface area contributed by atoms with Crippen molar-refractivity contribution in [1.29, 1.82) is 5.26 Å². The molecule has 0 radical (unpaired) electrons. The molecule has 1 heterocycles. The van der Waals surface area contributed by atoms with Crippen LogP contribution in [-0.4, -0.2) is 59.6 Å². The van der Waals surface area contributed by atoms with Crippen LogP contribution in [0.4, 0.5) is 0 Å². The largest absolute Gasteiger partial charge is 0.392 e.